The molecule has 1 heterocycles. The Morgan fingerprint density at radius 1 is 1.26 bits per heavy atom. The van der Waals surface area contributed by atoms with Gasteiger partial charge in [0, 0.05) is 12.1 Å². The minimum atomic E-state index is -3.58. The van der Waals surface area contributed by atoms with E-state index in [1.807, 2.05) is 6.92 Å². The van der Waals surface area contributed by atoms with Crippen molar-refractivity contribution in [1.82, 2.24) is 10.0 Å². The highest BCUT2D eigenvalue weighted by atomic mass is 35.5. The van der Waals surface area contributed by atoms with Gasteiger partial charge in [-0.2, -0.15) is 0 Å². The van der Waals surface area contributed by atoms with E-state index < -0.39 is 10.0 Å². The molecular weight excluding hydrogens is 340 g/mol. The van der Waals surface area contributed by atoms with Gasteiger partial charge >= 0.3 is 0 Å². The van der Waals surface area contributed by atoms with Crippen molar-refractivity contribution in [1.29, 1.82) is 0 Å². The van der Waals surface area contributed by atoms with Crippen LogP contribution in [0.3, 0.4) is 0 Å². The molecule has 0 aliphatic carbocycles. The van der Waals surface area contributed by atoms with E-state index in [0.29, 0.717) is 17.4 Å². The van der Waals surface area contributed by atoms with Gasteiger partial charge in [0.15, 0.2) is 11.5 Å². The third kappa shape index (κ3) is 4.97. The highest BCUT2D eigenvalue weighted by molar-refractivity contribution is 7.89. The van der Waals surface area contributed by atoms with E-state index in [1.54, 1.807) is 6.07 Å². The van der Waals surface area contributed by atoms with Gasteiger partial charge in [0.05, 0.1) is 19.1 Å². The van der Waals surface area contributed by atoms with E-state index in [1.165, 1.54) is 26.4 Å². The fraction of sp³-hybridized carbons (Fsp3) is 0.600. The van der Waals surface area contributed by atoms with Gasteiger partial charge in [0.25, 0.3) is 0 Å². The summed E-state index contributed by atoms with van der Waals surface area (Å²) in [6, 6.07) is 4.48. The third-order valence-electron chi connectivity index (χ3n) is 4.05. The molecule has 1 aromatic rings. The first-order valence-electron chi connectivity index (χ1n) is 7.43. The summed E-state index contributed by atoms with van der Waals surface area (Å²) >= 11 is 0. The Bertz CT molecular complexity index is 603. The Labute approximate surface area is 144 Å². The number of halogens is 1. The molecule has 6 nitrogen and oxygen atoms in total. The highest BCUT2D eigenvalue weighted by Gasteiger charge is 2.25. The molecule has 0 spiro atoms. The third-order valence-corrected chi connectivity index (χ3v) is 5.61. The van der Waals surface area contributed by atoms with Crippen LogP contribution in [0.5, 0.6) is 11.5 Å². The van der Waals surface area contributed by atoms with E-state index in [-0.39, 0.29) is 23.3 Å². The smallest absolute Gasteiger partial charge is 0.240 e. The second-order valence-corrected chi connectivity index (χ2v) is 7.25. The second-order valence-electron chi connectivity index (χ2n) is 5.53. The molecule has 1 aromatic carbocycles. The maximum atomic E-state index is 12.5. The number of hydrogen-bond donors (Lipinski definition) is 2. The van der Waals surface area contributed by atoms with Gasteiger partial charge in [-0.05, 0) is 50.9 Å². The van der Waals surface area contributed by atoms with Crippen molar-refractivity contribution >= 4 is 22.4 Å². The lowest BCUT2D eigenvalue weighted by molar-refractivity contribution is 0.320. The Balaban J connectivity index is 0.00000264. The number of hydrogen-bond acceptors (Lipinski definition) is 5. The predicted octanol–water partition coefficient (Wildman–Crippen LogP) is 1.79. The van der Waals surface area contributed by atoms with Crippen molar-refractivity contribution in [2.24, 2.45) is 5.92 Å². The second kappa shape index (κ2) is 8.73. The first-order chi connectivity index (χ1) is 10.5. The molecule has 1 saturated heterocycles. The SMILES string of the molecule is COc1ccc(S(=O)(=O)NC(C)C2CCCNC2)cc1OC.Cl. The molecule has 1 aliphatic heterocycles. The van der Waals surface area contributed by atoms with Gasteiger partial charge in [0.1, 0.15) is 0 Å². The van der Waals surface area contributed by atoms with E-state index >= 15 is 0 Å². The molecule has 0 saturated carbocycles. The van der Waals surface area contributed by atoms with Crippen molar-refractivity contribution in [3.05, 3.63) is 18.2 Å². The molecule has 2 unspecified atom stereocenters. The van der Waals surface area contributed by atoms with Crippen LogP contribution in [0.25, 0.3) is 0 Å². The van der Waals surface area contributed by atoms with Crippen LogP contribution in [-0.2, 0) is 10.0 Å². The van der Waals surface area contributed by atoms with Crippen LogP contribution in [-0.4, -0.2) is 41.8 Å². The predicted molar refractivity (Wildman–Crippen MR) is 92.2 cm³/mol. The van der Waals surface area contributed by atoms with Crippen molar-refractivity contribution in [2.75, 3.05) is 27.3 Å². The zero-order chi connectivity index (χ0) is 16.2. The molecule has 0 bridgehead atoms. The molecule has 2 N–H and O–H groups in total. The summed E-state index contributed by atoms with van der Waals surface area (Å²) in [6.07, 6.45) is 2.11. The molecule has 2 atom stereocenters. The number of methoxy groups -OCH3 is 2. The lowest BCUT2D eigenvalue weighted by Crippen LogP contribution is -2.44. The molecular formula is C15H25ClN2O4S. The van der Waals surface area contributed by atoms with Crippen LogP contribution in [0.1, 0.15) is 19.8 Å². The van der Waals surface area contributed by atoms with Crippen molar-refractivity contribution in [2.45, 2.75) is 30.7 Å². The summed E-state index contributed by atoms with van der Waals surface area (Å²) < 4.78 is 38.1. The van der Waals surface area contributed by atoms with Crippen molar-refractivity contribution < 1.29 is 17.9 Å². The van der Waals surface area contributed by atoms with Crippen molar-refractivity contribution in [3.8, 4) is 11.5 Å². The van der Waals surface area contributed by atoms with E-state index in [2.05, 4.69) is 10.0 Å². The standard InChI is InChI=1S/C15H24N2O4S.ClH/c1-11(12-5-4-8-16-10-12)17-22(18,19)13-6-7-14(20-2)15(9-13)21-3;/h6-7,9,11-12,16-17H,4-5,8,10H2,1-3H3;1H. The van der Waals surface area contributed by atoms with E-state index in [4.69, 9.17) is 9.47 Å². The topological polar surface area (TPSA) is 76.7 Å². The zero-order valence-electron chi connectivity index (χ0n) is 13.7. The number of piperidine rings is 1. The van der Waals surface area contributed by atoms with Crippen LogP contribution in [0, 0.1) is 5.92 Å². The van der Waals surface area contributed by atoms with E-state index in [0.717, 1.165) is 25.9 Å². The van der Waals surface area contributed by atoms with Gasteiger partial charge in [-0.25, -0.2) is 13.1 Å². The van der Waals surface area contributed by atoms with Crippen molar-refractivity contribution in [3.63, 3.8) is 0 Å². The monoisotopic (exact) mass is 364 g/mol. The maximum Gasteiger partial charge on any atom is 0.240 e. The van der Waals surface area contributed by atoms with Crippen LogP contribution >= 0.6 is 12.4 Å². The summed E-state index contributed by atoms with van der Waals surface area (Å²) in [7, 11) is -0.579. The Hall–Kier alpha value is -1.02. The van der Waals surface area contributed by atoms with E-state index in [9.17, 15) is 8.42 Å². The summed E-state index contributed by atoms with van der Waals surface area (Å²) in [6.45, 7) is 3.76. The summed E-state index contributed by atoms with van der Waals surface area (Å²) in [5, 5.41) is 3.30. The summed E-state index contributed by atoms with van der Waals surface area (Å²) in [5.41, 5.74) is 0. The van der Waals surface area contributed by atoms with Gasteiger partial charge in [-0.1, -0.05) is 0 Å². The Kier molecular flexibility index (Phi) is 7.60. The molecule has 0 amide bonds. The molecule has 1 aliphatic rings. The van der Waals surface area contributed by atoms with Crippen LogP contribution in [0.15, 0.2) is 23.1 Å². The number of benzene rings is 1. The first kappa shape index (κ1) is 20.0. The van der Waals surface area contributed by atoms with Gasteiger partial charge in [0.2, 0.25) is 10.0 Å². The lowest BCUT2D eigenvalue weighted by atomic mass is 9.94. The Morgan fingerprint density at radius 2 is 1.96 bits per heavy atom. The fourth-order valence-electron chi connectivity index (χ4n) is 2.70. The molecule has 23 heavy (non-hydrogen) atoms. The molecule has 0 aromatic heterocycles. The zero-order valence-corrected chi connectivity index (χ0v) is 15.3. The Morgan fingerprint density at radius 3 is 2.52 bits per heavy atom. The summed E-state index contributed by atoms with van der Waals surface area (Å²) in [4.78, 5) is 0.181. The number of nitrogens with one attached hydrogen (secondary N) is 2. The number of sulfonamides is 1. The molecule has 132 valence electrons. The van der Waals surface area contributed by atoms with Crippen LogP contribution in [0.4, 0.5) is 0 Å². The van der Waals surface area contributed by atoms with Gasteiger partial charge in [-0.15, -0.1) is 12.4 Å². The number of rotatable bonds is 6. The quantitative estimate of drug-likeness (QED) is 0.804. The average molecular weight is 365 g/mol. The lowest BCUT2D eigenvalue weighted by Gasteiger charge is -2.28. The summed E-state index contributed by atoms with van der Waals surface area (Å²) in [5.74, 6) is 1.21. The minimum Gasteiger partial charge on any atom is -0.493 e. The largest absolute Gasteiger partial charge is 0.493 e. The average Bonchev–Trinajstić information content (AvgIpc) is 2.54. The molecule has 0 radical (unpaired) electrons. The van der Waals surface area contributed by atoms with Gasteiger partial charge < -0.3 is 14.8 Å². The number of ether oxygens (including phenoxy) is 2. The molecule has 1 fully saturated rings. The van der Waals surface area contributed by atoms with Crippen LogP contribution < -0.4 is 19.5 Å². The molecule has 2 rings (SSSR count). The fourth-order valence-corrected chi connectivity index (χ4v) is 4.03. The minimum absolute atomic E-state index is 0. The normalized spacial score (nSPS) is 19.5. The maximum absolute atomic E-state index is 12.5. The van der Waals surface area contributed by atoms with Crippen LogP contribution in [0.2, 0.25) is 0 Å². The first-order valence-corrected chi connectivity index (χ1v) is 8.91. The molecule has 8 heteroatoms. The van der Waals surface area contributed by atoms with Gasteiger partial charge in [-0.3, -0.25) is 0 Å². The highest BCUT2D eigenvalue weighted by Crippen LogP contribution is 2.29.